The maximum atomic E-state index is 11.4. The molecule has 0 saturated carbocycles. The van der Waals surface area contributed by atoms with Gasteiger partial charge in [0.05, 0.1) is 18.4 Å². The van der Waals surface area contributed by atoms with Crippen LogP contribution in [0.5, 0.6) is 0 Å². The van der Waals surface area contributed by atoms with E-state index in [4.69, 9.17) is 23.2 Å². The van der Waals surface area contributed by atoms with E-state index in [0.29, 0.717) is 10.7 Å². The molecule has 1 aromatic carbocycles. The molecule has 1 amide bonds. The Bertz CT molecular complexity index is 435. The quantitative estimate of drug-likeness (QED) is 0.679. The summed E-state index contributed by atoms with van der Waals surface area (Å²) in [6.45, 7) is 0. The number of anilines is 1. The molecule has 0 saturated heterocycles. The van der Waals surface area contributed by atoms with Gasteiger partial charge >= 0.3 is 5.97 Å². The number of nitrogens with one attached hydrogen (secondary N) is 1. The van der Waals surface area contributed by atoms with Gasteiger partial charge in [-0.2, -0.15) is 0 Å². The number of halogens is 2. The summed E-state index contributed by atoms with van der Waals surface area (Å²) in [5.41, 5.74) is 0.569. The Balaban J connectivity index is 2.99. The molecule has 6 heteroatoms. The normalized spacial score (nSPS) is 9.82. The van der Waals surface area contributed by atoms with Gasteiger partial charge in [-0.25, -0.2) is 4.79 Å². The van der Waals surface area contributed by atoms with Gasteiger partial charge in [0.1, 0.15) is 0 Å². The van der Waals surface area contributed by atoms with Crippen LogP contribution in [0.1, 0.15) is 16.8 Å². The summed E-state index contributed by atoms with van der Waals surface area (Å²) in [6, 6.07) is 4.52. The van der Waals surface area contributed by atoms with Gasteiger partial charge in [-0.15, -0.1) is 11.6 Å². The average Bonchev–Trinajstić information content (AvgIpc) is 2.28. The molecule has 0 unspecified atom stereocenters. The molecule has 1 rings (SSSR count). The Morgan fingerprint density at radius 1 is 1.41 bits per heavy atom. The van der Waals surface area contributed by atoms with Crippen LogP contribution in [-0.2, 0) is 9.53 Å². The van der Waals surface area contributed by atoms with Gasteiger partial charge in [-0.1, -0.05) is 11.6 Å². The highest BCUT2D eigenvalue weighted by atomic mass is 35.5. The predicted molar refractivity (Wildman–Crippen MR) is 66.8 cm³/mol. The van der Waals surface area contributed by atoms with Crippen molar-refractivity contribution in [3.63, 3.8) is 0 Å². The smallest absolute Gasteiger partial charge is 0.339 e. The lowest BCUT2D eigenvalue weighted by atomic mass is 10.1. The minimum atomic E-state index is -0.539. The largest absolute Gasteiger partial charge is 0.465 e. The molecule has 1 aromatic rings. The monoisotopic (exact) mass is 275 g/mol. The summed E-state index contributed by atoms with van der Waals surface area (Å²) < 4.78 is 4.60. The third-order valence-electron chi connectivity index (χ3n) is 1.98. The third-order valence-corrected chi connectivity index (χ3v) is 2.41. The number of hydrogen-bond donors (Lipinski definition) is 1. The first-order valence-corrected chi connectivity index (χ1v) is 5.73. The molecule has 0 radical (unpaired) electrons. The first-order valence-electron chi connectivity index (χ1n) is 4.82. The molecular weight excluding hydrogens is 265 g/mol. The van der Waals surface area contributed by atoms with E-state index in [1.54, 1.807) is 6.07 Å². The fraction of sp³-hybridized carbons (Fsp3) is 0.273. The molecule has 0 aliphatic rings. The van der Waals surface area contributed by atoms with Crippen LogP contribution in [0.3, 0.4) is 0 Å². The number of hydrogen-bond acceptors (Lipinski definition) is 3. The number of esters is 1. The molecule has 0 aromatic heterocycles. The van der Waals surface area contributed by atoms with Crippen molar-refractivity contribution in [2.45, 2.75) is 6.42 Å². The van der Waals surface area contributed by atoms with Gasteiger partial charge in [0.25, 0.3) is 0 Å². The molecule has 17 heavy (non-hydrogen) atoms. The van der Waals surface area contributed by atoms with Gasteiger partial charge in [0.2, 0.25) is 5.91 Å². The first kappa shape index (κ1) is 13.8. The van der Waals surface area contributed by atoms with E-state index < -0.39 is 5.97 Å². The van der Waals surface area contributed by atoms with Crippen LogP contribution < -0.4 is 5.32 Å². The summed E-state index contributed by atoms with van der Waals surface area (Å²) in [7, 11) is 1.27. The minimum absolute atomic E-state index is 0.161. The van der Waals surface area contributed by atoms with Gasteiger partial charge in [-0.3, -0.25) is 4.79 Å². The van der Waals surface area contributed by atoms with Crippen molar-refractivity contribution in [1.82, 2.24) is 0 Å². The number of alkyl halides is 1. The van der Waals surface area contributed by atoms with Crippen molar-refractivity contribution in [3.05, 3.63) is 28.8 Å². The van der Waals surface area contributed by atoms with Crippen molar-refractivity contribution < 1.29 is 14.3 Å². The lowest BCUT2D eigenvalue weighted by Crippen LogP contribution is -2.15. The predicted octanol–water partition coefficient (Wildman–Crippen LogP) is 2.69. The molecule has 0 bridgehead atoms. The van der Waals surface area contributed by atoms with Crippen LogP contribution in [0, 0.1) is 0 Å². The molecular formula is C11H11Cl2NO3. The Morgan fingerprint density at radius 3 is 2.71 bits per heavy atom. The lowest BCUT2D eigenvalue weighted by molar-refractivity contribution is -0.115. The Labute approximate surface area is 109 Å². The summed E-state index contributed by atoms with van der Waals surface area (Å²) in [5, 5.41) is 2.97. The van der Waals surface area contributed by atoms with Crippen molar-refractivity contribution in [1.29, 1.82) is 0 Å². The fourth-order valence-electron chi connectivity index (χ4n) is 1.21. The second kappa shape index (κ2) is 6.47. The second-order valence-electron chi connectivity index (χ2n) is 3.17. The van der Waals surface area contributed by atoms with Crippen LogP contribution >= 0.6 is 23.2 Å². The molecule has 1 N–H and O–H groups in total. The number of carbonyl (C=O) groups excluding carboxylic acids is 2. The highest BCUT2D eigenvalue weighted by Crippen LogP contribution is 2.22. The summed E-state index contributed by atoms with van der Waals surface area (Å²) in [4.78, 5) is 22.8. The van der Waals surface area contributed by atoms with Gasteiger partial charge in [0, 0.05) is 17.3 Å². The maximum absolute atomic E-state index is 11.4. The summed E-state index contributed by atoms with van der Waals surface area (Å²) in [5.74, 6) is -0.616. The highest BCUT2D eigenvalue weighted by molar-refractivity contribution is 6.31. The third kappa shape index (κ3) is 3.91. The number of rotatable bonds is 4. The van der Waals surface area contributed by atoms with Gasteiger partial charge < -0.3 is 10.1 Å². The number of carbonyl (C=O) groups is 2. The number of methoxy groups -OCH3 is 1. The zero-order valence-corrected chi connectivity index (χ0v) is 10.6. The summed E-state index contributed by atoms with van der Waals surface area (Å²) >= 11 is 11.2. The van der Waals surface area contributed by atoms with E-state index in [2.05, 4.69) is 10.1 Å². The zero-order valence-electron chi connectivity index (χ0n) is 9.13. The molecule has 0 atom stereocenters. The summed E-state index contributed by atoms with van der Waals surface area (Å²) in [6.07, 6.45) is 0.161. The van der Waals surface area contributed by atoms with E-state index in [9.17, 15) is 9.59 Å². The van der Waals surface area contributed by atoms with Gasteiger partial charge in [-0.05, 0) is 18.2 Å². The molecule has 4 nitrogen and oxygen atoms in total. The van der Waals surface area contributed by atoms with E-state index in [-0.39, 0.29) is 23.8 Å². The molecule has 0 heterocycles. The number of amides is 1. The SMILES string of the molecule is COC(=O)c1ccc(Cl)cc1NC(=O)CCCl. The second-order valence-corrected chi connectivity index (χ2v) is 3.98. The van der Waals surface area contributed by atoms with Crippen LogP contribution in [0.15, 0.2) is 18.2 Å². The van der Waals surface area contributed by atoms with Crippen molar-refractivity contribution in [2.75, 3.05) is 18.3 Å². The molecule has 92 valence electrons. The molecule has 0 fully saturated rings. The van der Waals surface area contributed by atoms with Crippen molar-refractivity contribution in [2.24, 2.45) is 0 Å². The fourth-order valence-corrected chi connectivity index (χ4v) is 1.55. The van der Waals surface area contributed by atoms with Crippen molar-refractivity contribution >= 4 is 40.8 Å². The molecule has 0 aliphatic carbocycles. The topological polar surface area (TPSA) is 55.4 Å². The van der Waals surface area contributed by atoms with Gasteiger partial charge in [0.15, 0.2) is 0 Å². The Hall–Kier alpha value is -1.26. The number of benzene rings is 1. The lowest BCUT2D eigenvalue weighted by Gasteiger charge is -2.09. The Kier molecular flexibility index (Phi) is 5.25. The van der Waals surface area contributed by atoms with Crippen LogP contribution in [0.4, 0.5) is 5.69 Å². The van der Waals surface area contributed by atoms with E-state index in [1.165, 1.54) is 19.2 Å². The number of ether oxygens (including phenoxy) is 1. The maximum Gasteiger partial charge on any atom is 0.339 e. The van der Waals surface area contributed by atoms with E-state index in [0.717, 1.165) is 0 Å². The zero-order chi connectivity index (χ0) is 12.8. The van der Waals surface area contributed by atoms with Crippen LogP contribution in [0.2, 0.25) is 5.02 Å². The molecule has 0 spiro atoms. The minimum Gasteiger partial charge on any atom is -0.465 e. The highest BCUT2D eigenvalue weighted by Gasteiger charge is 2.14. The van der Waals surface area contributed by atoms with Crippen LogP contribution in [0.25, 0.3) is 0 Å². The standard InChI is InChI=1S/C11H11Cl2NO3/c1-17-11(16)8-3-2-7(13)6-9(8)14-10(15)4-5-12/h2-3,6H,4-5H2,1H3,(H,14,15). The first-order chi connectivity index (χ1) is 8.08. The van der Waals surface area contributed by atoms with E-state index in [1.807, 2.05) is 0 Å². The molecule has 0 aliphatic heterocycles. The average molecular weight is 276 g/mol. The van der Waals surface area contributed by atoms with E-state index >= 15 is 0 Å². The Morgan fingerprint density at radius 2 is 2.12 bits per heavy atom. The van der Waals surface area contributed by atoms with Crippen LogP contribution in [-0.4, -0.2) is 24.9 Å². The van der Waals surface area contributed by atoms with Crippen molar-refractivity contribution in [3.8, 4) is 0 Å².